The van der Waals surface area contributed by atoms with E-state index in [9.17, 15) is 9.59 Å². The molecular weight excluding hydrogens is 386 g/mol. The van der Waals surface area contributed by atoms with Crippen LogP contribution in [0, 0.1) is 0 Å². The highest BCUT2D eigenvalue weighted by molar-refractivity contribution is 6.31. The lowest BCUT2D eigenvalue weighted by atomic mass is 10.0. The molecular formula is C23H26ClN3O2. The van der Waals surface area contributed by atoms with Gasteiger partial charge in [0.1, 0.15) is 0 Å². The minimum atomic E-state index is -0.111. The summed E-state index contributed by atoms with van der Waals surface area (Å²) in [5.41, 5.74) is 2.51. The summed E-state index contributed by atoms with van der Waals surface area (Å²) >= 11 is 6.45. The lowest BCUT2D eigenvalue weighted by Gasteiger charge is -2.29. The molecule has 2 fully saturated rings. The van der Waals surface area contributed by atoms with Crippen LogP contribution >= 0.6 is 11.6 Å². The highest BCUT2D eigenvalue weighted by Gasteiger charge is 2.26. The third-order valence-electron chi connectivity index (χ3n) is 5.82. The standard InChI is InChI=1S/C23H26ClN3O2/c24-20-7-2-1-6-19(20)21(26-13-3-4-14-26)16-25-23(29)17-9-11-18(12-10-17)27-15-5-8-22(27)28/h1-2,6-7,9-12,21H,3-5,8,13-16H2,(H,25,29)/t21-/m0/s1. The Labute approximate surface area is 176 Å². The summed E-state index contributed by atoms with van der Waals surface area (Å²) in [5, 5.41) is 3.81. The van der Waals surface area contributed by atoms with Crippen LogP contribution in [0.4, 0.5) is 5.69 Å². The van der Waals surface area contributed by atoms with Crippen molar-refractivity contribution in [2.75, 3.05) is 31.1 Å². The van der Waals surface area contributed by atoms with Gasteiger partial charge in [-0.05, 0) is 68.2 Å². The van der Waals surface area contributed by atoms with Crippen LogP contribution in [-0.2, 0) is 4.79 Å². The second-order valence-corrected chi connectivity index (χ2v) is 8.09. The zero-order valence-electron chi connectivity index (χ0n) is 16.4. The highest BCUT2D eigenvalue weighted by atomic mass is 35.5. The Hall–Kier alpha value is -2.37. The molecule has 0 unspecified atom stereocenters. The first-order valence-electron chi connectivity index (χ1n) is 10.3. The van der Waals surface area contributed by atoms with Gasteiger partial charge in [0.05, 0.1) is 6.04 Å². The van der Waals surface area contributed by atoms with Crippen LogP contribution in [0.3, 0.4) is 0 Å². The van der Waals surface area contributed by atoms with Crippen molar-refractivity contribution in [1.82, 2.24) is 10.2 Å². The van der Waals surface area contributed by atoms with Gasteiger partial charge in [0, 0.05) is 35.8 Å². The minimum Gasteiger partial charge on any atom is -0.350 e. The molecule has 2 aliphatic rings. The molecule has 1 N–H and O–H groups in total. The molecule has 6 heteroatoms. The largest absolute Gasteiger partial charge is 0.350 e. The summed E-state index contributed by atoms with van der Waals surface area (Å²) in [7, 11) is 0. The molecule has 0 spiro atoms. The second-order valence-electron chi connectivity index (χ2n) is 7.69. The van der Waals surface area contributed by atoms with Gasteiger partial charge in [-0.1, -0.05) is 29.8 Å². The number of carbonyl (C=O) groups excluding carboxylic acids is 2. The maximum Gasteiger partial charge on any atom is 0.251 e. The first-order valence-corrected chi connectivity index (χ1v) is 10.7. The van der Waals surface area contributed by atoms with Gasteiger partial charge < -0.3 is 10.2 Å². The molecule has 2 aromatic rings. The number of halogens is 1. The van der Waals surface area contributed by atoms with Crippen molar-refractivity contribution in [3.8, 4) is 0 Å². The molecule has 2 aliphatic heterocycles. The number of nitrogens with one attached hydrogen (secondary N) is 1. The molecule has 0 radical (unpaired) electrons. The van der Waals surface area contributed by atoms with Gasteiger partial charge in [-0.15, -0.1) is 0 Å². The molecule has 5 nitrogen and oxygen atoms in total. The van der Waals surface area contributed by atoms with Crippen LogP contribution in [0.25, 0.3) is 0 Å². The minimum absolute atomic E-state index is 0.0663. The van der Waals surface area contributed by atoms with Gasteiger partial charge in [-0.3, -0.25) is 14.5 Å². The van der Waals surface area contributed by atoms with Crippen molar-refractivity contribution in [1.29, 1.82) is 0 Å². The van der Waals surface area contributed by atoms with Crippen LogP contribution in [0.15, 0.2) is 48.5 Å². The lowest BCUT2D eigenvalue weighted by molar-refractivity contribution is -0.117. The van der Waals surface area contributed by atoms with Crippen molar-refractivity contribution in [2.45, 2.75) is 31.7 Å². The molecule has 2 heterocycles. The molecule has 152 valence electrons. The Kier molecular flexibility index (Phi) is 6.16. The van der Waals surface area contributed by atoms with Gasteiger partial charge >= 0.3 is 0 Å². The average molecular weight is 412 g/mol. The van der Waals surface area contributed by atoms with Crippen molar-refractivity contribution in [2.24, 2.45) is 0 Å². The maximum absolute atomic E-state index is 12.7. The van der Waals surface area contributed by atoms with Crippen molar-refractivity contribution in [3.05, 3.63) is 64.7 Å². The van der Waals surface area contributed by atoms with Crippen LogP contribution in [-0.4, -0.2) is 42.9 Å². The molecule has 1 atom stereocenters. The van der Waals surface area contributed by atoms with Crippen molar-refractivity contribution < 1.29 is 9.59 Å². The van der Waals surface area contributed by atoms with Crippen LogP contribution in [0.5, 0.6) is 0 Å². The molecule has 0 aliphatic carbocycles. The number of likely N-dealkylation sites (tertiary alicyclic amines) is 1. The Morgan fingerprint density at radius 3 is 2.38 bits per heavy atom. The Bertz CT molecular complexity index is 878. The molecule has 4 rings (SSSR count). The first kappa shape index (κ1) is 19.9. The van der Waals surface area contributed by atoms with E-state index in [0.717, 1.165) is 42.3 Å². The smallest absolute Gasteiger partial charge is 0.251 e. The fourth-order valence-corrected chi connectivity index (χ4v) is 4.50. The van der Waals surface area contributed by atoms with Crippen molar-refractivity contribution in [3.63, 3.8) is 0 Å². The third kappa shape index (κ3) is 4.46. The Balaban J connectivity index is 1.44. The normalized spacial score (nSPS) is 18.2. The number of hydrogen-bond donors (Lipinski definition) is 1. The van der Waals surface area contributed by atoms with E-state index in [0.29, 0.717) is 18.5 Å². The predicted octanol–water partition coefficient (Wildman–Crippen LogP) is 4.03. The Morgan fingerprint density at radius 1 is 1.00 bits per heavy atom. The molecule has 2 aromatic carbocycles. The quantitative estimate of drug-likeness (QED) is 0.780. The first-order chi connectivity index (χ1) is 14.1. The van der Waals surface area contributed by atoms with Crippen LogP contribution < -0.4 is 10.2 Å². The number of rotatable bonds is 6. The van der Waals surface area contributed by atoms with E-state index in [4.69, 9.17) is 11.6 Å². The average Bonchev–Trinajstić information content (AvgIpc) is 3.41. The van der Waals surface area contributed by atoms with Crippen molar-refractivity contribution >= 4 is 29.1 Å². The van der Waals surface area contributed by atoms with Gasteiger partial charge in [0.25, 0.3) is 5.91 Å². The highest BCUT2D eigenvalue weighted by Crippen LogP contribution is 2.30. The predicted molar refractivity (Wildman–Crippen MR) is 115 cm³/mol. The molecule has 2 amide bonds. The van der Waals surface area contributed by atoms with E-state index in [2.05, 4.69) is 10.2 Å². The van der Waals surface area contributed by atoms with Gasteiger partial charge in [-0.25, -0.2) is 0 Å². The number of hydrogen-bond acceptors (Lipinski definition) is 3. The van der Waals surface area contributed by atoms with Crippen LogP contribution in [0.1, 0.15) is 47.6 Å². The summed E-state index contributed by atoms with van der Waals surface area (Å²) in [6.07, 6.45) is 3.83. The molecule has 0 saturated carbocycles. The molecule has 29 heavy (non-hydrogen) atoms. The monoisotopic (exact) mass is 411 g/mol. The molecule has 0 aromatic heterocycles. The number of amides is 2. The van der Waals surface area contributed by atoms with E-state index in [1.807, 2.05) is 36.4 Å². The lowest BCUT2D eigenvalue weighted by Crippen LogP contribution is -2.37. The summed E-state index contributed by atoms with van der Waals surface area (Å²) in [6, 6.07) is 15.2. The maximum atomic E-state index is 12.7. The summed E-state index contributed by atoms with van der Waals surface area (Å²) in [5.74, 6) is 0.0379. The summed E-state index contributed by atoms with van der Waals surface area (Å²) < 4.78 is 0. The van der Waals surface area contributed by atoms with Crippen LogP contribution in [0.2, 0.25) is 5.02 Å². The number of carbonyl (C=O) groups is 2. The number of anilines is 1. The van der Waals surface area contributed by atoms with Gasteiger partial charge in [0.15, 0.2) is 0 Å². The summed E-state index contributed by atoms with van der Waals surface area (Å²) in [4.78, 5) is 28.8. The zero-order chi connectivity index (χ0) is 20.2. The van der Waals surface area contributed by atoms with E-state index in [1.54, 1.807) is 17.0 Å². The SMILES string of the molecule is O=C(NC[C@@H](c1ccccc1Cl)N1CCCC1)c1ccc(N2CCCC2=O)cc1. The fourth-order valence-electron chi connectivity index (χ4n) is 4.24. The molecule has 2 saturated heterocycles. The molecule has 0 bridgehead atoms. The van der Waals surface area contributed by atoms with E-state index in [-0.39, 0.29) is 17.9 Å². The third-order valence-corrected chi connectivity index (χ3v) is 6.16. The second kappa shape index (κ2) is 8.97. The number of nitrogens with zero attached hydrogens (tertiary/aromatic N) is 2. The fraction of sp³-hybridized carbons (Fsp3) is 0.391. The van der Waals surface area contributed by atoms with E-state index in [1.165, 1.54) is 12.8 Å². The zero-order valence-corrected chi connectivity index (χ0v) is 17.2. The van der Waals surface area contributed by atoms with Gasteiger partial charge in [-0.2, -0.15) is 0 Å². The van der Waals surface area contributed by atoms with E-state index < -0.39 is 0 Å². The topological polar surface area (TPSA) is 52.7 Å². The number of benzene rings is 2. The van der Waals surface area contributed by atoms with Gasteiger partial charge in [0.2, 0.25) is 5.91 Å². The summed E-state index contributed by atoms with van der Waals surface area (Å²) in [6.45, 7) is 3.29. The Morgan fingerprint density at radius 2 is 1.72 bits per heavy atom. The van der Waals surface area contributed by atoms with E-state index >= 15 is 0 Å².